The van der Waals surface area contributed by atoms with Crippen molar-refractivity contribution >= 4 is 16.9 Å². The summed E-state index contributed by atoms with van der Waals surface area (Å²) in [7, 11) is 0. The summed E-state index contributed by atoms with van der Waals surface area (Å²) >= 11 is 0. The number of ether oxygens (including phenoxy) is 1. The number of carbonyl (C=O) groups is 1. The van der Waals surface area contributed by atoms with Crippen LogP contribution in [0, 0.1) is 6.92 Å². The Hall–Kier alpha value is -3.08. The van der Waals surface area contributed by atoms with Crippen molar-refractivity contribution in [2.75, 3.05) is 6.61 Å². The van der Waals surface area contributed by atoms with E-state index in [4.69, 9.17) is 9.15 Å². The minimum absolute atomic E-state index is 0.343. The lowest BCUT2D eigenvalue weighted by Crippen LogP contribution is -2.29. The summed E-state index contributed by atoms with van der Waals surface area (Å²) in [5, 5.41) is 11.3. The number of aliphatic carboxylic acids is 1. The fourth-order valence-corrected chi connectivity index (χ4v) is 2.49. The molecule has 0 unspecified atom stereocenters. The average Bonchev–Trinajstić information content (AvgIpc) is 2.55. The van der Waals surface area contributed by atoms with Crippen LogP contribution in [0.15, 0.2) is 57.7 Å². The van der Waals surface area contributed by atoms with Gasteiger partial charge in [-0.1, -0.05) is 30.3 Å². The molecule has 0 N–H and O–H groups in total. The molecule has 3 aromatic rings. The van der Waals surface area contributed by atoms with Gasteiger partial charge in [-0.2, -0.15) is 0 Å². The third kappa shape index (κ3) is 2.94. The predicted molar refractivity (Wildman–Crippen MR) is 83.2 cm³/mol. The first-order chi connectivity index (χ1) is 11.1. The lowest BCUT2D eigenvalue weighted by atomic mass is 10.0. The van der Waals surface area contributed by atoms with E-state index in [1.54, 1.807) is 19.1 Å². The average molecular weight is 309 g/mol. The molecule has 0 spiro atoms. The van der Waals surface area contributed by atoms with E-state index in [0.29, 0.717) is 16.9 Å². The summed E-state index contributed by atoms with van der Waals surface area (Å²) in [5.74, 6) is -0.973. The zero-order valence-electron chi connectivity index (χ0n) is 12.4. The summed E-state index contributed by atoms with van der Waals surface area (Å²) in [5.41, 5.74) is 2.13. The summed E-state index contributed by atoms with van der Waals surface area (Å²) in [6.45, 7) is 1.15. The number of carboxylic acids is 1. The number of carboxylic acid groups (broad SMARTS) is 1. The number of carbonyl (C=O) groups excluding carboxylic acids is 1. The van der Waals surface area contributed by atoms with Gasteiger partial charge in [0, 0.05) is 17.0 Å². The lowest BCUT2D eigenvalue weighted by Gasteiger charge is -2.12. The minimum atomic E-state index is -1.32. The number of benzene rings is 2. The topological polar surface area (TPSA) is 79.6 Å². The van der Waals surface area contributed by atoms with Crippen molar-refractivity contribution in [3.8, 4) is 16.9 Å². The second-order valence-corrected chi connectivity index (χ2v) is 5.07. The summed E-state index contributed by atoms with van der Waals surface area (Å²) in [6.07, 6.45) is 0. The molecule has 0 aliphatic rings. The highest BCUT2D eigenvalue weighted by Crippen LogP contribution is 2.32. The molecule has 5 heteroatoms. The van der Waals surface area contributed by atoms with Gasteiger partial charge < -0.3 is 19.1 Å². The molecular formula is C18H13O5-. The third-order valence-corrected chi connectivity index (χ3v) is 3.54. The maximum Gasteiger partial charge on any atom is 0.336 e. The van der Waals surface area contributed by atoms with Crippen LogP contribution < -0.4 is 15.5 Å². The Morgan fingerprint density at radius 1 is 1.17 bits per heavy atom. The van der Waals surface area contributed by atoms with Gasteiger partial charge >= 0.3 is 5.63 Å². The van der Waals surface area contributed by atoms with Crippen molar-refractivity contribution in [1.82, 2.24) is 0 Å². The Morgan fingerprint density at radius 2 is 1.91 bits per heavy atom. The molecule has 5 nitrogen and oxygen atoms in total. The van der Waals surface area contributed by atoms with E-state index in [9.17, 15) is 14.7 Å². The predicted octanol–water partition coefficient (Wildman–Crippen LogP) is 1.90. The van der Waals surface area contributed by atoms with Crippen molar-refractivity contribution in [2.24, 2.45) is 0 Å². The first kappa shape index (κ1) is 14.8. The van der Waals surface area contributed by atoms with Crippen LogP contribution in [0.25, 0.3) is 22.1 Å². The van der Waals surface area contributed by atoms with E-state index in [-0.39, 0.29) is 0 Å². The Kier molecular flexibility index (Phi) is 3.85. The summed E-state index contributed by atoms with van der Waals surface area (Å²) in [6, 6.07) is 14.3. The van der Waals surface area contributed by atoms with Crippen molar-refractivity contribution in [3.63, 3.8) is 0 Å². The van der Waals surface area contributed by atoms with Gasteiger partial charge in [-0.3, -0.25) is 0 Å². The van der Waals surface area contributed by atoms with Crippen LogP contribution in [0.4, 0.5) is 0 Å². The Labute approximate surface area is 131 Å². The maximum absolute atomic E-state index is 11.9. The van der Waals surface area contributed by atoms with Gasteiger partial charge in [0.25, 0.3) is 0 Å². The van der Waals surface area contributed by atoms with E-state index in [1.807, 2.05) is 30.3 Å². The monoisotopic (exact) mass is 309 g/mol. The van der Waals surface area contributed by atoms with E-state index < -0.39 is 18.2 Å². The molecule has 0 atom stereocenters. The second-order valence-electron chi connectivity index (χ2n) is 5.07. The van der Waals surface area contributed by atoms with Crippen LogP contribution in [-0.2, 0) is 4.79 Å². The largest absolute Gasteiger partial charge is 0.546 e. The van der Waals surface area contributed by atoms with Crippen LogP contribution in [0.1, 0.15) is 5.56 Å². The molecule has 0 bridgehead atoms. The van der Waals surface area contributed by atoms with Crippen molar-refractivity contribution in [3.05, 3.63) is 64.5 Å². The molecule has 0 saturated heterocycles. The summed E-state index contributed by atoms with van der Waals surface area (Å²) in [4.78, 5) is 22.4. The van der Waals surface area contributed by atoms with Gasteiger partial charge in [-0.05, 0) is 30.2 Å². The number of fused-ring (bicyclic) bond motifs is 1. The van der Waals surface area contributed by atoms with Gasteiger partial charge in [0.2, 0.25) is 0 Å². The quantitative estimate of drug-likeness (QED) is 0.688. The van der Waals surface area contributed by atoms with Gasteiger partial charge in [0.15, 0.2) is 0 Å². The highest BCUT2D eigenvalue weighted by Gasteiger charge is 2.13. The van der Waals surface area contributed by atoms with E-state index >= 15 is 0 Å². The Bertz CT molecular complexity index is 925. The molecule has 1 aromatic heterocycles. The van der Waals surface area contributed by atoms with Gasteiger partial charge in [-0.15, -0.1) is 0 Å². The molecule has 23 heavy (non-hydrogen) atoms. The first-order valence-electron chi connectivity index (χ1n) is 7.02. The Morgan fingerprint density at radius 3 is 2.61 bits per heavy atom. The highest BCUT2D eigenvalue weighted by atomic mass is 16.5. The van der Waals surface area contributed by atoms with Gasteiger partial charge in [-0.25, -0.2) is 4.79 Å². The Balaban J connectivity index is 2.19. The molecule has 3 rings (SSSR count). The number of aryl methyl sites for hydroxylation is 1. The molecule has 0 fully saturated rings. The van der Waals surface area contributed by atoms with Crippen molar-refractivity contribution < 1.29 is 19.1 Å². The minimum Gasteiger partial charge on any atom is -0.546 e. The summed E-state index contributed by atoms with van der Waals surface area (Å²) < 4.78 is 10.5. The zero-order valence-corrected chi connectivity index (χ0v) is 12.4. The maximum atomic E-state index is 11.9. The number of hydrogen-bond acceptors (Lipinski definition) is 5. The number of rotatable bonds is 4. The third-order valence-electron chi connectivity index (χ3n) is 3.54. The molecule has 2 aromatic carbocycles. The molecule has 0 radical (unpaired) electrons. The van der Waals surface area contributed by atoms with Crippen LogP contribution in [0.2, 0.25) is 0 Å². The van der Waals surface area contributed by atoms with Crippen LogP contribution in [0.3, 0.4) is 0 Å². The highest BCUT2D eigenvalue weighted by molar-refractivity contribution is 5.95. The fourth-order valence-electron chi connectivity index (χ4n) is 2.49. The standard InChI is InChI=1S/C18H14O5/c1-11-15(22-10-16(19)20)8-7-13-14(9-17(21)23-18(11)13)12-5-3-2-4-6-12/h2-9H,10H2,1H3,(H,19,20)/p-1. The van der Waals surface area contributed by atoms with E-state index in [2.05, 4.69) is 0 Å². The molecule has 1 heterocycles. The van der Waals surface area contributed by atoms with Crippen LogP contribution in [-0.4, -0.2) is 12.6 Å². The number of hydrogen-bond donors (Lipinski definition) is 0. The van der Waals surface area contributed by atoms with Crippen molar-refractivity contribution in [1.29, 1.82) is 0 Å². The van der Waals surface area contributed by atoms with Gasteiger partial charge in [0.1, 0.15) is 17.9 Å². The van der Waals surface area contributed by atoms with Crippen LogP contribution in [0.5, 0.6) is 5.75 Å². The molecule has 0 aliphatic heterocycles. The van der Waals surface area contributed by atoms with Crippen LogP contribution >= 0.6 is 0 Å². The first-order valence-corrected chi connectivity index (χ1v) is 7.02. The second kappa shape index (κ2) is 5.96. The van der Waals surface area contributed by atoms with Gasteiger partial charge in [0.05, 0.1) is 5.97 Å². The molecule has 0 amide bonds. The molecule has 0 aliphatic carbocycles. The molecule has 0 saturated carbocycles. The fraction of sp³-hybridized carbons (Fsp3) is 0.111. The smallest absolute Gasteiger partial charge is 0.336 e. The van der Waals surface area contributed by atoms with Crippen molar-refractivity contribution in [2.45, 2.75) is 6.92 Å². The normalized spacial score (nSPS) is 10.7. The molecular weight excluding hydrogens is 296 g/mol. The lowest BCUT2D eigenvalue weighted by molar-refractivity contribution is -0.307. The molecule has 116 valence electrons. The SMILES string of the molecule is Cc1c(OCC(=O)[O-])ccc2c(-c3ccccc3)cc(=O)oc12. The zero-order chi connectivity index (χ0) is 16.4. The van der Waals surface area contributed by atoms with E-state index in [1.165, 1.54) is 6.07 Å². The van der Waals surface area contributed by atoms with E-state index in [0.717, 1.165) is 16.5 Å².